The fourth-order valence-corrected chi connectivity index (χ4v) is 3.62. The first-order chi connectivity index (χ1) is 8.66. The molecule has 0 saturated carbocycles. The summed E-state index contributed by atoms with van der Waals surface area (Å²) in [6.07, 6.45) is 0. The molecule has 0 bridgehead atoms. The lowest BCUT2D eigenvalue weighted by Crippen LogP contribution is -2.44. The van der Waals surface area contributed by atoms with Gasteiger partial charge >= 0.3 is 0 Å². The fourth-order valence-electron chi connectivity index (χ4n) is 2.06. The zero-order valence-corrected chi connectivity index (χ0v) is 12.8. The van der Waals surface area contributed by atoms with Gasteiger partial charge in [0.15, 0.2) is 0 Å². The molecule has 1 aliphatic heterocycles. The van der Waals surface area contributed by atoms with E-state index in [9.17, 15) is 0 Å². The van der Waals surface area contributed by atoms with E-state index in [1.54, 1.807) is 0 Å². The summed E-state index contributed by atoms with van der Waals surface area (Å²) in [6.45, 7) is 4.41. The van der Waals surface area contributed by atoms with Crippen molar-refractivity contribution in [3.63, 3.8) is 0 Å². The van der Waals surface area contributed by atoms with Crippen molar-refractivity contribution >= 4 is 55.1 Å². The monoisotopic (exact) mass is 347 g/mol. The van der Waals surface area contributed by atoms with Gasteiger partial charge in [0, 0.05) is 12.6 Å². The van der Waals surface area contributed by atoms with Gasteiger partial charge in [-0.1, -0.05) is 11.6 Å². The Morgan fingerprint density at radius 2 is 2.44 bits per heavy atom. The molecule has 0 aliphatic carbocycles. The summed E-state index contributed by atoms with van der Waals surface area (Å²) in [5, 5.41) is 0.705. The van der Waals surface area contributed by atoms with Crippen LogP contribution in [0.25, 0.3) is 10.2 Å². The number of ether oxygens (including phenoxy) is 1. The van der Waals surface area contributed by atoms with Gasteiger partial charge in [0.2, 0.25) is 0 Å². The van der Waals surface area contributed by atoms with E-state index < -0.39 is 0 Å². The van der Waals surface area contributed by atoms with E-state index in [0.29, 0.717) is 11.1 Å². The smallest absolute Gasteiger partial charge is 0.146 e. The number of rotatable bonds is 1. The second kappa shape index (κ2) is 4.92. The molecule has 18 heavy (non-hydrogen) atoms. The summed E-state index contributed by atoms with van der Waals surface area (Å²) in [5.41, 5.74) is 0.834. The third-order valence-corrected chi connectivity index (χ3v) is 5.06. The summed E-state index contributed by atoms with van der Waals surface area (Å²) in [5.74, 6) is 0.893. The van der Waals surface area contributed by atoms with Gasteiger partial charge in [-0.05, 0) is 34.4 Å². The lowest BCUT2D eigenvalue weighted by Gasteiger charge is -2.34. The second-order valence-corrected chi connectivity index (χ2v) is 6.16. The molecule has 3 heterocycles. The number of pyridine rings is 1. The normalized spacial score (nSPS) is 20.6. The number of hydrogen-bond acceptors (Lipinski definition) is 5. The maximum absolute atomic E-state index is 6.29. The number of anilines is 1. The van der Waals surface area contributed by atoms with E-state index in [1.807, 2.05) is 6.07 Å². The van der Waals surface area contributed by atoms with Crippen LogP contribution >= 0.6 is 39.1 Å². The van der Waals surface area contributed by atoms with Gasteiger partial charge in [0.1, 0.15) is 15.9 Å². The quantitative estimate of drug-likeness (QED) is 0.792. The minimum atomic E-state index is 0.310. The van der Waals surface area contributed by atoms with E-state index in [0.717, 1.165) is 40.4 Å². The van der Waals surface area contributed by atoms with Crippen LogP contribution in [0.2, 0.25) is 5.02 Å². The maximum atomic E-state index is 6.29. The summed E-state index contributed by atoms with van der Waals surface area (Å²) >= 11 is 11.1. The molecule has 1 fully saturated rings. The average molecular weight is 349 g/mol. The molecule has 3 rings (SSSR count). The fraction of sp³-hybridized carbons (Fsp3) is 0.455. The van der Waals surface area contributed by atoms with Crippen LogP contribution in [0.3, 0.4) is 0 Å². The molecular weight excluding hydrogens is 338 g/mol. The van der Waals surface area contributed by atoms with Gasteiger partial charge in [0.05, 0.1) is 29.0 Å². The molecule has 2 aromatic heterocycles. The van der Waals surface area contributed by atoms with Crippen LogP contribution in [-0.4, -0.2) is 35.2 Å². The Morgan fingerprint density at radius 1 is 1.61 bits per heavy atom. The molecule has 96 valence electrons. The summed E-state index contributed by atoms with van der Waals surface area (Å²) in [6, 6.07) is 2.22. The molecule has 0 radical (unpaired) electrons. The first kappa shape index (κ1) is 12.6. The molecule has 4 nitrogen and oxygen atoms in total. The molecule has 1 atom stereocenters. The van der Waals surface area contributed by atoms with E-state index >= 15 is 0 Å². The molecule has 1 saturated heterocycles. The van der Waals surface area contributed by atoms with Crippen molar-refractivity contribution in [2.24, 2.45) is 0 Å². The lowest BCUT2D eigenvalue weighted by atomic mass is 10.2. The molecule has 0 N–H and O–H groups in total. The highest BCUT2D eigenvalue weighted by atomic mass is 79.9. The Balaban J connectivity index is 2.08. The van der Waals surface area contributed by atoms with Gasteiger partial charge < -0.3 is 9.64 Å². The topological polar surface area (TPSA) is 38.2 Å². The number of morpholine rings is 1. The van der Waals surface area contributed by atoms with Crippen molar-refractivity contribution in [3.05, 3.63) is 15.7 Å². The SMILES string of the molecule is C[C@@H]1COCCN1c1cc(Cl)c2snc(Br)c2n1. The minimum Gasteiger partial charge on any atom is -0.377 e. The predicted molar refractivity (Wildman–Crippen MR) is 77.8 cm³/mol. The van der Waals surface area contributed by atoms with Gasteiger partial charge in [0.25, 0.3) is 0 Å². The molecule has 0 aromatic carbocycles. The highest BCUT2D eigenvalue weighted by Gasteiger charge is 2.22. The number of halogens is 2. The summed E-state index contributed by atoms with van der Waals surface area (Å²) < 4.78 is 11.3. The molecule has 0 unspecified atom stereocenters. The Morgan fingerprint density at radius 3 is 3.22 bits per heavy atom. The van der Waals surface area contributed by atoms with Gasteiger partial charge in [-0.25, -0.2) is 4.98 Å². The van der Waals surface area contributed by atoms with Crippen LogP contribution in [0.15, 0.2) is 10.7 Å². The molecule has 7 heteroatoms. The average Bonchev–Trinajstić information content (AvgIpc) is 2.72. The first-order valence-electron chi connectivity index (χ1n) is 5.62. The van der Waals surface area contributed by atoms with Crippen molar-refractivity contribution < 1.29 is 4.74 Å². The standard InChI is InChI=1S/C11H11BrClN3OS/c1-6-5-17-3-2-16(6)8-4-7(13)10-9(14-8)11(12)15-18-10/h4,6H,2-3,5H2,1H3/t6-/m1/s1. The van der Waals surface area contributed by atoms with Crippen molar-refractivity contribution in [1.29, 1.82) is 0 Å². The van der Waals surface area contributed by atoms with E-state index in [1.165, 1.54) is 11.5 Å². The second-order valence-electron chi connectivity index (χ2n) is 4.23. The summed E-state index contributed by atoms with van der Waals surface area (Å²) in [4.78, 5) is 6.88. The molecular formula is C11H11BrClN3OS. The van der Waals surface area contributed by atoms with Gasteiger partial charge in [-0.3, -0.25) is 0 Å². The highest BCUT2D eigenvalue weighted by Crippen LogP contribution is 2.34. The summed E-state index contributed by atoms with van der Waals surface area (Å²) in [7, 11) is 0. The van der Waals surface area contributed by atoms with Gasteiger partial charge in [-0.2, -0.15) is 4.37 Å². The first-order valence-corrected chi connectivity index (χ1v) is 7.57. The molecule has 0 spiro atoms. The minimum absolute atomic E-state index is 0.310. The predicted octanol–water partition coefficient (Wildman–Crippen LogP) is 3.33. The van der Waals surface area contributed by atoms with Crippen molar-refractivity contribution in [2.75, 3.05) is 24.7 Å². The largest absolute Gasteiger partial charge is 0.377 e. The molecule has 1 aliphatic rings. The van der Waals surface area contributed by atoms with Crippen LogP contribution in [0, 0.1) is 0 Å². The van der Waals surface area contributed by atoms with Crippen LogP contribution < -0.4 is 4.90 Å². The Labute approximate surface area is 122 Å². The van der Waals surface area contributed by atoms with Crippen molar-refractivity contribution in [3.8, 4) is 0 Å². The van der Waals surface area contributed by atoms with Crippen molar-refractivity contribution in [2.45, 2.75) is 13.0 Å². The maximum Gasteiger partial charge on any atom is 0.146 e. The Bertz CT molecular complexity index is 591. The lowest BCUT2D eigenvalue weighted by molar-refractivity contribution is 0.0986. The van der Waals surface area contributed by atoms with Crippen LogP contribution in [0.5, 0.6) is 0 Å². The Kier molecular flexibility index (Phi) is 3.44. The van der Waals surface area contributed by atoms with E-state index in [4.69, 9.17) is 16.3 Å². The van der Waals surface area contributed by atoms with E-state index in [-0.39, 0.29) is 0 Å². The molecule has 0 amide bonds. The third kappa shape index (κ3) is 2.11. The van der Waals surface area contributed by atoms with Crippen LogP contribution in [0.1, 0.15) is 6.92 Å². The Hall–Kier alpha value is -0.430. The van der Waals surface area contributed by atoms with E-state index in [2.05, 4.69) is 37.1 Å². The van der Waals surface area contributed by atoms with Crippen molar-refractivity contribution in [1.82, 2.24) is 9.36 Å². The van der Waals surface area contributed by atoms with Crippen LogP contribution in [0.4, 0.5) is 5.82 Å². The third-order valence-electron chi connectivity index (χ3n) is 2.99. The number of fused-ring (bicyclic) bond motifs is 1. The number of hydrogen-bond donors (Lipinski definition) is 0. The van der Waals surface area contributed by atoms with Gasteiger partial charge in [-0.15, -0.1) is 0 Å². The number of nitrogens with zero attached hydrogens (tertiary/aromatic N) is 3. The van der Waals surface area contributed by atoms with Crippen LogP contribution in [-0.2, 0) is 4.74 Å². The zero-order valence-electron chi connectivity index (χ0n) is 9.69. The zero-order chi connectivity index (χ0) is 12.7. The highest BCUT2D eigenvalue weighted by molar-refractivity contribution is 9.10. The molecule has 2 aromatic rings. The number of aromatic nitrogens is 2.